The van der Waals surface area contributed by atoms with Crippen LogP contribution >= 0.6 is 11.6 Å². The SMILES string of the molecule is CC(Cn1cc(Cl)cn1)C(=O)NCC(c1ccccc1)N1CCCCCC1. The van der Waals surface area contributed by atoms with Crippen LogP contribution in [0, 0.1) is 5.92 Å². The van der Waals surface area contributed by atoms with Crippen LogP contribution < -0.4 is 5.32 Å². The Bertz CT molecular complexity index is 710. The van der Waals surface area contributed by atoms with Crippen LogP contribution in [0.5, 0.6) is 0 Å². The van der Waals surface area contributed by atoms with Crippen LogP contribution in [0.2, 0.25) is 5.02 Å². The normalized spacial score (nSPS) is 17.9. The Morgan fingerprint density at radius 3 is 2.52 bits per heavy atom. The molecular weight excluding hydrogens is 360 g/mol. The molecule has 5 nitrogen and oxygen atoms in total. The quantitative estimate of drug-likeness (QED) is 0.782. The minimum absolute atomic E-state index is 0.0531. The van der Waals surface area contributed by atoms with Gasteiger partial charge < -0.3 is 5.32 Å². The van der Waals surface area contributed by atoms with Crippen LogP contribution in [0.1, 0.15) is 44.2 Å². The van der Waals surface area contributed by atoms with Gasteiger partial charge in [0.2, 0.25) is 5.91 Å². The number of hydrogen-bond acceptors (Lipinski definition) is 3. The predicted octanol–water partition coefficient (Wildman–Crippen LogP) is 3.91. The summed E-state index contributed by atoms with van der Waals surface area (Å²) in [5.74, 6) is -0.112. The first-order chi connectivity index (χ1) is 13.1. The van der Waals surface area contributed by atoms with Crippen molar-refractivity contribution >= 4 is 17.5 Å². The summed E-state index contributed by atoms with van der Waals surface area (Å²) in [7, 11) is 0. The molecule has 0 radical (unpaired) electrons. The van der Waals surface area contributed by atoms with Gasteiger partial charge in [0.25, 0.3) is 0 Å². The molecule has 6 heteroatoms. The molecule has 0 aliphatic carbocycles. The number of aromatic nitrogens is 2. The van der Waals surface area contributed by atoms with Crippen molar-refractivity contribution in [3.63, 3.8) is 0 Å². The third kappa shape index (κ3) is 5.81. The highest BCUT2D eigenvalue weighted by Gasteiger charge is 2.23. The summed E-state index contributed by atoms with van der Waals surface area (Å²) in [6, 6.07) is 10.7. The number of halogens is 1. The van der Waals surface area contributed by atoms with Gasteiger partial charge in [-0.3, -0.25) is 14.4 Å². The molecule has 1 aromatic heterocycles. The smallest absolute Gasteiger partial charge is 0.224 e. The van der Waals surface area contributed by atoms with E-state index in [2.05, 4.69) is 39.6 Å². The van der Waals surface area contributed by atoms with E-state index in [0.717, 1.165) is 13.1 Å². The van der Waals surface area contributed by atoms with E-state index in [4.69, 9.17) is 11.6 Å². The average Bonchev–Trinajstić information content (AvgIpc) is 2.92. The Labute approximate surface area is 166 Å². The largest absolute Gasteiger partial charge is 0.354 e. The number of rotatable bonds is 7. The highest BCUT2D eigenvalue weighted by Crippen LogP contribution is 2.24. The zero-order valence-corrected chi connectivity index (χ0v) is 16.7. The van der Waals surface area contributed by atoms with Crippen molar-refractivity contribution in [2.24, 2.45) is 5.92 Å². The number of nitrogens with zero attached hydrogens (tertiary/aromatic N) is 3. The van der Waals surface area contributed by atoms with Crippen molar-refractivity contribution in [2.75, 3.05) is 19.6 Å². The number of amides is 1. The number of likely N-dealkylation sites (tertiary alicyclic amines) is 1. The van der Waals surface area contributed by atoms with Crippen LogP contribution in [0.25, 0.3) is 0 Å². The molecule has 0 saturated carbocycles. The van der Waals surface area contributed by atoms with Crippen molar-refractivity contribution in [2.45, 2.75) is 45.2 Å². The zero-order chi connectivity index (χ0) is 19.1. The molecule has 1 aliphatic rings. The fraction of sp³-hybridized carbons (Fsp3) is 0.524. The van der Waals surface area contributed by atoms with Gasteiger partial charge in [-0.25, -0.2) is 0 Å². The summed E-state index contributed by atoms with van der Waals surface area (Å²) in [6.45, 7) is 5.27. The summed E-state index contributed by atoms with van der Waals surface area (Å²) < 4.78 is 1.72. The van der Waals surface area contributed by atoms with E-state index in [1.54, 1.807) is 17.1 Å². The van der Waals surface area contributed by atoms with E-state index >= 15 is 0 Å². The maximum atomic E-state index is 12.6. The first-order valence-corrected chi connectivity index (χ1v) is 10.3. The van der Waals surface area contributed by atoms with Gasteiger partial charge in [-0.1, -0.05) is 61.7 Å². The van der Waals surface area contributed by atoms with Gasteiger partial charge in [-0.05, 0) is 31.5 Å². The molecule has 0 bridgehead atoms. The zero-order valence-electron chi connectivity index (χ0n) is 16.0. The van der Waals surface area contributed by atoms with E-state index in [-0.39, 0.29) is 17.9 Å². The van der Waals surface area contributed by atoms with Crippen LogP contribution in [0.15, 0.2) is 42.7 Å². The van der Waals surface area contributed by atoms with Crippen molar-refractivity contribution in [1.82, 2.24) is 20.0 Å². The van der Waals surface area contributed by atoms with E-state index in [1.807, 2.05) is 13.0 Å². The summed E-state index contributed by atoms with van der Waals surface area (Å²) in [5, 5.41) is 7.92. The van der Waals surface area contributed by atoms with E-state index < -0.39 is 0 Å². The maximum Gasteiger partial charge on any atom is 0.224 e. The van der Waals surface area contributed by atoms with Gasteiger partial charge in [0.1, 0.15) is 0 Å². The Morgan fingerprint density at radius 1 is 1.19 bits per heavy atom. The molecule has 2 heterocycles. The Hall–Kier alpha value is -1.85. The van der Waals surface area contributed by atoms with Gasteiger partial charge in [-0.2, -0.15) is 5.10 Å². The van der Waals surface area contributed by atoms with Gasteiger partial charge in [0, 0.05) is 12.7 Å². The Morgan fingerprint density at radius 2 is 1.89 bits per heavy atom. The molecule has 146 valence electrons. The predicted molar refractivity (Wildman–Crippen MR) is 109 cm³/mol. The molecule has 1 aromatic carbocycles. The second kappa shape index (κ2) is 9.90. The molecule has 27 heavy (non-hydrogen) atoms. The lowest BCUT2D eigenvalue weighted by Crippen LogP contribution is -2.40. The topological polar surface area (TPSA) is 50.2 Å². The van der Waals surface area contributed by atoms with Gasteiger partial charge >= 0.3 is 0 Å². The molecule has 2 aromatic rings. The number of benzene rings is 1. The molecule has 1 N–H and O–H groups in total. The van der Waals surface area contributed by atoms with E-state index in [0.29, 0.717) is 18.1 Å². The summed E-state index contributed by atoms with van der Waals surface area (Å²) in [5.41, 5.74) is 1.27. The molecule has 0 spiro atoms. The van der Waals surface area contributed by atoms with E-state index in [1.165, 1.54) is 31.2 Å². The summed E-state index contributed by atoms with van der Waals surface area (Å²) >= 11 is 5.90. The lowest BCUT2D eigenvalue weighted by atomic mass is 10.0. The number of nitrogens with one attached hydrogen (secondary N) is 1. The molecular formula is C21H29ClN4O. The molecule has 1 amide bonds. The lowest BCUT2D eigenvalue weighted by molar-refractivity contribution is -0.125. The third-order valence-corrected chi connectivity index (χ3v) is 5.44. The lowest BCUT2D eigenvalue weighted by Gasteiger charge is -2.31. The second-order valence-corrected chi connectivity index (χ2v) is 7.84. The van der Waals surface area contributed by atoms with E-state index in [9.17, 15) is 4.79 Å². The van der Waals surface area contributed by atoms with Crippen LogP contribution in [-0.2, 0) is 11.3 Å². The Balaban J connectivity index is 1.62. The number of carbonyl (C=O) groups excluding carboxylic acids is 1. The minimum atomic E-state index is -0.165. The number of hydrogen-bond donors (Lipinski definition) is 1. The molecule has 3 rings (SSSR count). The highest BCUT2D eigenvalue weighted by molar-refractivity contribution is 6.30. The van der Waals surface area contributed by atoms with Crippen molar-refractivity contribution in [3.8, 4) is 0 Å². The van der Waals surface area contributed by atoms with Crippen molar-refractivity contribution in [3.05, 3.63) is 53.3 Å². The fourth-order valence-corrected chi connectivity index (χ4v) is 3.87. The van der Waals surface area contributed by atoms with Crippen molar-refractivity contribution < 1.29 is 4.79 Å². The molecule has 2 atom stereocenters. The highest BCUT2D eigenvalue weighted by atomic mass is 35.5. The summed E-state index contributed by atoms with van der Waals surface area (Å²) in [4.78, 5) is 15.2. The van der Waals surface area contributed by atoms with Gasteiger partial charge in [0.05, 0.1) is 29.7 Å². The van der Waals surface area contributed by atoms with Crippen molar-refractivity contribution in [1.29, 1.82) is 0 Å². The standard InChI is InChI=1S/C21H29ClN4O/c1-17(15-26-16-19(22)13-24-26)21(27)23-14-20(18-9-5-4-6-10-18)25-11-7-2-3-8-12-25/h4-6,9-10,13,16-17,20H,2-3,7-8,11-12,14-15H2,1H3,(H,23,27). The number of carbonyl (C=O) groups is 1. The van der Waals surface area contributed by atoms with Crippen LogP contribution in [0.4, 0.5) is 0 Å². The van der Waals surface area contributed by atoms with Crippen LogP contribution in [0.3, 0.4) is 0 Å². The average molecular weight is 389 g/mol. The minimum Gasteiger partial charge on any atom is -0.354 e. The molecule has 2 unspecified atom stereocenters. The maximum absolute atomic E-state index is 12.6. The second-order valence-electron chi connectivity index (χ2n) is 7.40. The van der Waals surface area contributed by atoms with Crippen LogP contribution in [-0.4, -0.2) is 40.2 Å². The Kier molecular flexibility index (Phi) is 7.30. The van der Waals surface area contributed by atoms with Gasteiger partial charge in [-0.15, -0.1) is 0 Å². The molecule has 1 aliphatic heterocycles. The fourth-order valence-electron chi connectivity index (χ4n) is 3.71. The third-order valence-electron chi connectivity index (χ3n) is 5.25. The first-order valence-electron chi connectivity index (χ1n) is 9.88. The monoisotopic (exact) mass is 388 g/mol. The van der Waals surface area contributed by atoms with Gasteiger partial charge in [0.15, 0.2) is 0 Å². The molecule has 1 saturated heterocycles. The molecule has 1 fully saturated rings. The first kappa shape index (κ1) is 19.9. The summed E-state index contributed by atoms with van der Waals surface area (Å²) in [6.07, 6.45) is 8.40.